The monoisotopic (exact) mass is 817 g/mol. The SMILES string of the molecule is CCCCCCCCCCCCSSCCOC(=O)CCN(CCCn1ccnc1CC)CCC(=O)OCCSSCCCCCCCCCCCC. The van der Waals surface area contributed by atoms with Gasteiger partial charge in [0.1, 0.15) is 19.0 Å². The summed E-state index contributed by atoms with van der Waals surface area (Å²) in [4.78, 5) is 31.8. The first kappa shape index (κ1) is 50.5. The molecule has 0 aliphatic heterocycles. The maximum Gasteiger partial charge on any atom is 0.307 e. The molecule has 1 aromatic heterocycles. The van der Waals surface area contributed by atoms with Crippen LogP contribution >= 0.6 is 43.2 Å². The average molecular weight is 818 g/mol. The Morgan fingerprint density at radius 3 is 1.42 bits per heavy atom. The number of imidazole rings is 1. The average Bonchev–Trinajstić information content (AvgIpc) is 3.63. The lowest BCUT2D eigenvalue weighted by Crippen LogP contribution is -2.31. The molecule has 1 aromatic rings. The number of aryl methyl sites for hydroxylation is 2. The van der Waals surface area contributed by atoms with Crippen LogP contribution in [0.25, 0.3) is 0 Å². The van der Waals surface area contributed by atoms with Gasteiger partial charge < -0.3 is 18.9 Å². The highest BCUT2D eigenvalue weighted by molar-refractivity contribution is 8.77. The number of hydrogen-bond donors (Lipinski definition) is 0. The molecule has 0 fully saturated rings. The van der Waals surface area contributed by atoms with E-state index in [1.54, 1.807) is 0 Å². The van der Waals surface area contributed by atoms with Crippen LogP contribution < -0.4 is 0 Å². The van der Waals surface area contributed by atoms with Gasteiger partial charge in [-0.05, 0) is 25.8 Å². The predicted octanol–water partition coefficient (Wildman–Crippen LogP) is 12.6. The van der Waals surface area contributed by atoms with E-state index in [1.165, 1.54) is 140 Å². The van der Waals surface area contributed by atoms with Gasteiger partial charge in [0, 0.05) is 61.5 Å². The fourth-order valence-electron chi connectivity index (χ4n) is 6.21. The quantitative estimate of drug-likeness (QED) is 0.0362. The van der Waals surface area contributed by atoms with Gasteiger partial charge in [-0.3, -0.25) is 9.59 Å². The summed E-state index contributed by atoms with van der Waals surface area (Å²) in [6, 6.07) is 0. The fraction of sp³-hybridized carbons (Fsp3) is 0.881. The van der Waals surface area contributed by atoms with Crippen molar-refractivity contribution < 1.29 is 19.1 Å². The molecule has 0 aromatic carbocycles. The highest BCUT2D eigenvalue weighted by Gasteiger charge is 2.13. The van der Waals surface area contributed by atoms with E-state index in [2.05, 4.69) is 35.2 Å². The molecule has 310 valence electrons. The third-order valence-corrected chi connectivity index (χ3v) is 14.4. The minimum Gasteiger partial charge on any atom is -0.465 e. The number of ether oxygens (including phenoxy) is 2. The van der Waals surface area contributed by atoms with Gasteiger partial charge in [-0.2, -0.15) is 0 Å². The minimum absolute atomic E-state index is 0.159. The Morgan fingerprint density at radius 2 is 0.981 bits per heavy atom. The van der Waals surface area contributed by atoms with Crippen molar-refractivity contribution in [1.29, 1.82) is 0 Å². The van der Waals surface area contributed by atoms with Crippen molar-refractivity contribution in [3.63, 3.8) is 0 Å². The van der Waals surface area contributed by atoms with Gasteiger partial charge in [0.15, 0.2) is 0 Å². The molecule has 0 aliphatic carbocycles. The predicted molar refractivity (Wildman–Crippen MR) is 237 cm³/mol. The molecule has 11 heteroatoms. The lowest BCUT2D eigenvalue weighted by molar-refractivity contribution is -0.143. The fourth-order valence-corrected chi connectivity index (χ4v) is 10.2. The van der Waals surface area contributed by atoms with Crippen LogP contribution in [0.3, 0.4) is 0 Å². The summed E-state index contributed by atoms with van der Waals surface area (Å²) in [6.07, 6.45) is 33.7. The Balaban J connectivity index is 2.16. The number of nitrogens with zero attached hydrogens (tertiary/aromatic N) is 3. The van der Waals surface area contributed by atoms with Crippen LogP contribution in [-0.2, 0) is 32.0 Å². The zero-order valence-corrected chi connectivity index (χ0v) is 37.6. The number of aromatic nitrogens is 2. The van der Waals surface area contributed by atoms with Crippen molar-refractivity contribution in [2.45, 2.75) is 181 Å². The Morgan fingerprint density at radius 1 is 0.566 bits per heavy atom. The number of rotatable bonds is 41. The van der Waals surface area contributed by atoms with Crippen LogP contribution in [-0.4, -0.2) is 82.2 Å². The zero-order valence-electron chi connectivity index (χ0n) is 34.3. The van der Waals surface area contributed by atoms with Crippen LogP contribution in [0.5, 0.6) is 0 Å². The molecule has 1 heterocycles. The smallest absolute Gasteiger partial charge is 0.307 e. The number of esters is 2. The van der Waals surface area contributed by atoms with Crippen LogP contribution in [0, 0.1) is 0 Å². The Kier molecular flexibility index (Phi) is 37.9. The molecule has 0 unspecified atom stereocenters. The van der Waals surface area contributed by atoms with E-state index >= 15 is 0 Å². The van der Waals surface area contributed by atoms with Gasteiger partial charge in [-0.25, -0.2) is 4.98 Å². The second-order valence-corrected chi connectivity index (χ2v) is 19.6. The first-order chi connectivity index (χ1) is 26.1. The largest absolute Gasteiger partial charge is 0.465 e. The third-order valence-electron chi connectivity index (χ3n) is 9.44. The summed E-state index contributed by atoms with van der Waals surface area (Å²) in [5.74, 6) is 4.75. The molecule has 7 nitrogen and oxygen atoms in total. The third kappa shape index (κ3) is 33.4. The first-order valence-electron chi connectivity index (χ1n) is 21.6. The van der Waals surface area contributed by atoms with Gasteiger partial charge >= 0.3 is 11.9 Å². The van der Waals surface area contributed by atoms with Crippen LogP contribution in [0.2, 0.25) is 0 Å². The number of carbonyl (C=O) groups excluding carboxylic acids is 2. The highest BCUT2D eigenvalue weighted by Crippen LogP contribution is 2.24. The Bertz CT molecular complexity index is 905. The summed E-state index contributed by atoms with van der Waals surface area (Å²) in [7, 11) is 7.42. The van der Waals surface area contributed by atoms with E-state index in [4.69, 9.17) is 9.47 Å². The van der Waals surface area contributed by atoms with E-state index in [0.717, 1.165) is 43.3 Å². The number of unbranched alkanes of at least 4 members (excludes halogenated alkanes) is 18. The molecule has 0 aliphatic rings. The molecule has 0 saturated heterocycles. The molecule has 0 radical (unpaired) electrons. The van der Waals surface area contributed by atoms with E-state index in [9.17, 15) is 9.59 Å². The molecule has 53 heavy (non-hydrogen) atoms. The Hall–Kier alpha value is -0.490. The lowest BCUT2D eigenvalue weighted by atomic mass is 10.1. The van der Waals surface area contributed by atoms with Gasteiger partial charge in [0.05, 0.1) is 12.8 Å². The maximum atomic E-state index is 12.6. The van der Waals surface area contributed by atoms with Crippen molar-refractivity contribution in [2.75, 3.05) is 55.9 Å². The standard InChI is InChI=1S/C42H79N3O4S4/c1-4-7-9-11-13-15-17-19-21-23-36-50-52-38-34-48-41(46)26-31-44(29-25-30-45-33-28-43-40(45)6-3)32-27-42(47)49-35-39-53-51-37-24-22-20-18-16-14-12-10-8-5-2/h28,33H,4-27,29-32,34-39H2,1-3H3. The lowest BCUT2D eigenvalue weighted by Gasteiger charge is -2.22. The number of carbonyl (C=O) groups is 2. The molecular formula is C42H79N3O4S4. The van der Waals surface area contributed by atoms with E-state index in [0.29, 0.717) is 39.1 Å². The molecule has 0 spiro atoms. The van der Waals surface area contributed by atoms with Crippen molar-refractivity contribution in [2.24, 2.45) is 0 Å². The van der Waals surface area contributed by atoms with Gasteiger partial charge in [-0.1, -0.05) is 180 Å². The summed E-state index contributed by atoms with van der Waals surface area (Å²) in [5, 5.41) is 0. The van der Waals surface area contributed by atoms with E-state index < -0.39 is 0 Å². The topological polar surface area (TPSA) is 73.7 Å². The normalized spacial score (nSPS) is 11.5. The molecule has 0 bridgehead atoms. The van der Waals surface area contributed by atoms with Crippen molar-refractivity contribution in [3.05, 3.63) is 18.2 Å². The number of hydrogen-bond acceptors (Lipinski definition) is 10. The van der Waals surface area contributed by atoms with Crippen molar-refractivity contribution in [1.82, 2.24) is 14.5 Å². The molecule has 0 atom stereocenters. The highest BCUT2D eigenvalue weighted by atomic mass is 33.1. The minimum atomic E-state index is -0.159. The summed E-state index contributed by atoms with van der Waals surface area (Å²) in [5.41, 5.74) is 0. The molecule has 1 rings (SSSR count). The summed E-state index contributed by atoms with van der Waals surface area (Å²) >= 11 is 0. The second kappa shape index (κ2) is 39.7. The molecular weight excluding hydrogens is 739 g/mol. The van der Waals surface area contributed by atoms with Gasteiger partial charge in [-0.15, -0.1) is 0 Å². The van der Waals surface area contributed by atoms with E-state index in [1.807, 2.05) is 55.6 Å². The first-order valence-corrected chi connectivity index (χ1v) is 26.6. The zero-order chi connectivity index (χ0) is 38.3. The van der Waals surface area contributed by atoms with E-state index in [-0.39, 0.29) is 11.9 Å². The molecule has 0 amide bonds. The summed E-state index contributed by atoms with van der Waals surface area (Å²) in [6.45, 7) is 10.4. The maximum absolute atomic E-state index is 12.6. The van der Waals surface area contributed by atoms with Crippen LogP contribution in [0.4, 0.5) is 0 Å². The van der Waals surface area contributed by atoms with Crippen LogP contribution in [0.1, 0.15) is 174 Å². The second-order valence-electron chi connectivity index (χ2n) is 14.2. The summed E-state index contributed by atoms with van der Waals surface area (Å²) < 4.78 is 13.3. The molecule has 0 N–H and O–H groups in total. The van der Waals surface area contributed by atoms with Crippen molar-refractivity contribution >= 4 is 55.1 Å². The van der Waals surface area contributed by atoms with Gasteiger partial charge in [0.25, 0.3) is 0 Å². The van der Waals surface area contributed by atoms with Crippen molar-refractivity contribution in [3.8, 4) is 0 Å². The van der Waals surface area contributed by atoms with Crippen LogP contribution in [0.15, 0.2) is 12.4 Å². The molecule has 0 saturated carbocycles. The Labute approximate surface area is 342 Å². The van der Waals surface area contributed by atoms with Gasteiger partial charge in [0.2, 0.25) is 0 Å².